The van der Waals surface area contributed by atoms with Crippen molar-refractivity contribution in [3.05, 3.63) is 46.0 Å². The SMILES string of the molecule is CC(C)=CCN1CCC(N[C@H](C)c2ccc(Br)cc2)CC1. The van der Waals surface area contributed by atoms with Crippen LogP contribution in [0.3, 0.4) is 0 Å². The van der Waals surface area contributed by atoms with Crippen molar-refractivity contribution < 1.29 is 0 Å². The molecule has 0 unspecified atom stereocenters. The molecular formula is C18H27BrN2. The molecule has 1 aliphatic rings. The van der Waals surface area contributed by atoms with Crippen LogP contribution in [0, 0.1) is 0 Å². The third-order valence-electron chi connectivity index (χ3n) is 4.20. The second-order valence-electron chi connectivity index (χ2n) is 6.30. The Labute approximate surface area is 137 Å². The van der Waals surface area contributed by atoms with Gasteiger partial charge in [0.25, 0.3) is 0 Å². The van der Waals surface area contributed by atoms with E-state index < -0.39 is 0 Å². The summed E-state index contributed by atoms with van der Waals surface area (Å²) in [6, 6.07) is 9.71. The molecule has 0 aromatic heterocycles. The number of rotatable bonds is 5. The number of likely N-dealkylation sites (tertiary alicyclic amines) is 1. The zero-order chi connectivity index (χ0) is 15.2. The van der Waals surface area contributed by atoms with E-state index in [4.69, 9.17) is 0 Å². The second kappa shape index (κ2) is 8.11. The van der Waals surface area contributed by atoms with Crippen molar-refractivity contribution in [3.63, 3.8) is 0 Å². The molecule has 1 saturated heterocycles. The Morgan fingerprint density at radius 1 is 1.29 bits per heavy atom. The van der Waals surface area contributed by atoms with E-state index in [2.05, 4.69) is 77.3 Å². The van der Waals surface area contributed by atoms with Crippen molar-refractivity contribution in [3.8, 4) is 0 Å². The highest BCUT2D eigenvalue weighted by Crippen LogP contribution is 2.19. The molecule has 1 atom stereocenters. The van der Waals surface area contributed by atoms with E-state index in [0.717, 1.165) is 11.0 Å². The van der Waals surface area contributed by atoms with Crippen LogP contribution < -0.4 is 5.32 Å². The van der Waals surface area contributed by atoms with Gasteiger partial charge in [0.15, 0.2) is 0 Å². The monoisotopic (exact) mass is 350 g/mol. The van der Waals surface area contributed by atoms with Crippen molar-refractivity contribution in [2.45, 2.75) is 45.7 Å². The summed E-state index contributed by atoms with van der Waals surface area (Å²) in [4.78, 5) is 2.55. The highest BCUT2D eigenvalue weighted by Gasteiger charge is 2.20. The third-order valence-corrected chi connectivity index (χ3v) is 4.73. The Bertz CT molecular complexity index is 455. The van der Waals surface area contributed by atoms with E-state index in [0.29, 0.717) is 12.1 Å². The van der Waals surface area contributed by atoms with Gasteiger partial charge in [-0.25, -0.2) is 0 Å². The summed E-state index contributed by atoms with van der Waals surface area (Å²) in [5.74, 6) is 0. The molecule has 1 aromatic rings. The molecule has 1 aliphatic heterocycles. The smallest absolute Gasteiger partial charge is 0.0294 e. The predicted molar refractivity (Wildman–Crippen MR) is 94.6 cm³/mol. The van der Waals surface area contributed by atoms with Crippen LogP contribution in [0.5, 0.6) is 0 Å². The van der Waals surface area contributed by atoms with Gasteiger partial charge in [-0.3, -0.25) is 4.90 Å². The van der Waals surface area contributed by atoms with Gasteiger partial charge in [0, 0.05) is 23.1 Å². The third kappa shape index (κ3) is 5.57. The molecular weight excluding hydrogens is 324 g/mol. The molecule has 21 heavy (non-hydrogen) atoms. The van der Waals surface area contributed by atoms with Crippen molar-refractivity contribution in [1.82, 2.24) is 10.2 Å². The molecule has 0 amide bonds. The lowest BCUT2D eigenvalue weighted by molar-refractivity contribution is 0.208. The summed E-state index contributed by atoms with van der Waals surface area (Å²) in [6.45, 7) is 10.1. The molecule has 1 aromatic carbocycles. The maximum absolute atomic E-state index is 3.78. The van der Waals surface area contributed by atoms with Crippen LogP contribution in [0.2, 0.25) is 0 Å². The number of hydrogen-bond donors (Lipinski definition) is 1. The molecule has 2 rings (SSSR count). The number of nitrogens with zero attached hydrogens (tertiary/aromatic N) is 1. The summed E-state index contributed by atoms with van der Waals surface area (Å²) in [5.41, 5.74) is 2.78. The number of hydrogen-bond acceptors (Lipinski definition) is 2. The standard InChI is InChI=1S/C18H27BrN2/c1-14(2)8-11-21-12-9-18(10-13-21)20-15(3)16-4-6-17(19)7-5-16/h4-8,15,18,20H,9-13H2,1-3H3/t15-/m1/s1. The summed E-state index contributed by atoms with van der Waals surface area (Å²) in [6.07, 6.45) is 4.83. The Hall–Kier alpha value is -0.640. The lowest BCUT2D eigenvalue weighted by atomic mass is 10.0. The number of halogens is 1. The van der Waals surface area contributed by atoms with Gasteiger partial charge in [-0.15, -0.1) is 0 Å². The highest BCUT2D eigenvalue weighted by molar-refractivity contribution is 9.10. The average molecular weight is 351 g/mol. The first-order valence-electron chi connectivity index (χ1n) is 7.92. The fraction of sp³-hybridized carbons (Fsp3) is 0.556. The van der Waals surface area contributed by atoms with Gasteiger partial charge in [-0.05, 0) is 64.4 Å². The molecule has 116 valence electrons. The van der Waals surface area contributed by atoms with Crippen LogP contribution in [-0.4, -0.2) is 30.6 Å². The molecule has 0 radical (unpaired) electrons. The summed E-state index contributed by atoms with van der Waals surface area (Å²) in [5, 5.41) is 3.78. The van der Waals surface area contributed by atoms with Gasteiger partial charge in [0.1, 0.15) is 0 Å². The van der Waals surface area contributed by atoms with Crippen LogP contribution in [0.25, 0.3) is 0 Å². The summed E-state index contributed by atoms with van der Waals surface area (Å²) in [7, 11) is 0. The first-order chi connectivity index (χ1) is 10.0. The topological polar surface area (TPSA) is 15.3 Å². The fourth-order valence-corrected chi connectivity index (χ4v) is 3.06. The number of benzene rings is 1. The van der Waals surface area contributed by atoms with Crippen LogP contribution in [0.15, 0.2) is 40.4 Å². The van der Waals surface area contributed by atoms with Gasteiger partial charge in [-0.2, -0.15) is 0 Å². The first kappa shape index (κ1) is 16.7. The normalized spacial score (nSPS) is 18.5. The quantitative estimate of drug-likeness (QED) is 0.784. The summed E-state index contributed by atoms with van der Waals surface area (Å²) < 4.78 is 1.14. The van der Waals surface area contributed by atoms with E-state index in [-0.39, 0.29) is 0 Å². The van der Waals surface area contributed by atoms with E-state index >= 15 is 0 Å². The first-order valence-corrected chi connectivity index (χ1v) is 8.71. The van der Waals surface area contributed by atoms with Crippen molar-refractivity contribution in [2.75, 3.05) is 19.6 Å². The minimum absolute atomic E-state index is 0.424. The maximum atomic E-state index is 3.78. The zero-order valence-corrected chi connectivity index (χ0v) is 15.0. The van der Waals surface area contributed by atoms with Crippen LogP contribution in [0.4, 0.5) is 0 Å². The largest absolute Gasteiger partial charge is 0.307 e. The zero-order valence-electron chi connectivity index (χ0n) is 13.4. The lowest BCUT2D eigenvalue weighted by Gasteiger charge is -2.33. The van der Waals surface area contributed by atoms with E-state index in [9.17, 15) is 0 Å². The van der Waals surface area contributed by atoms with Crippen molar-refractivity contribution >= 4 is 15.9 Å². The number of nitrogens with one attached hydrogen (secondary N) is 1. The van der Waals surface area contributed by atoms with Gasteiger partial charge in [0.2, 0.25) is 0 Å². The molecule has 0 bridgehead atoms. The number of allylic oxidation sites excluding steroid dienone is 1. The second-order valence-corrected chi connectivity index (χ2v) is 7.21. The molecule has 1 N–H and O–H groups in total. The van der Waals surface area contributed by atoms with Crippen molar-refractivity contribution in [2.24, 2.45) is 0 Å². The van der Waals surface area contributed by atoms with Gasteiger partial charge < -0.3 is 5.32 Å². The van der Waals surface area contributed by atoms with Gasteiger partial charge >= 0.3 is 0 Å². The number of piperidine rings is 1. The molecule has 1 fully saturated rings. The molecule has 1 heterocycles. The fourth-order valence-electron chi connectivity index (χ4n) is 2.80. The van der Waals surface area contributed by atoms with E-state index in [1.54, 1.807) is 0 Å². The molecule has 3 heteroatoms. The Kier molecular flexibility index (Phi) is 6.46. The Morgan fingerprint density at radius 2 is 1.90 bits per heavy atom. The Balaban J connectivity index is 1.78. The highest BCUT2D eigenvalue weighted by atomic mass is 79.9. The van der Waals surface area contributed by atoms with Gasteiger partial charge in [-0.1, -0.05) is 39.7 Å². The lowest BCUT2D eigenvalue weighted by Crippen LogP contribution is -2.43. The van der Waals surface area contributed by atoms with Crippen LogP contribution in [0.1, 0.15) is 45.2 Å². The molecule has 0 saturated carbocycles. The predicted octanol–water partition coefficient (Wildman–Crippen LogP) is 4.53. The molecule has 0 aliphatic carbocycles. The van der Waals surface area contributed by atoms with Crippen molar-refractivity contribution in [1.29, 1.82) is 0 Å². The van der Waals surface area contributed by atoms with E-state index in [1.165, 1.54) is 37.1 Å². The average Bonchev–Trinajstić information content (AvgIpc) is 2.47. The minimum Gasteiger partial charge on any atom is -0.307 e. The van der Waals surface area contributed by atoms with Gasteiger partial charge in [0.05, 0.1) is 0 Å². The molecule has 0 spiro atoms. The van der Waals surface area contributed by atoms with E-state index in [1.807, 2.05) is 0 Å². The Morgan fingerprint density at radius 3 is 2.48 bits per heavy atom. The van der Waals surface area contributed by atoms with Crippen LogP contribution in [-0.2, 0) is 0 Å². The maximum Gasteiger partial charge on any atom is 0.0294 e. The summed E-state index contributed by atoms with van der Waals surface area (Å²) >= 11 is 3.49. The van der Waals surface area contributed by atoms with Crippen LogP contribution >= 0.6 is 15.9 Å². The molecule has 2 nitrogen and oxygen atoms in total. The minimum atomic E-state index is 0.424.